The summed E-state index contributed by atoms with van der Waals surface area (Å²) in [5, 5.41) is 13.4. The number of nitrogens with zero attached hydrogens (tertiary/aromatic N) is 4. The van der Waals surface area contributed by atoms with Gasteiger partial charge in [0, 0.05) is 5.56 Å². The Balaban J connectivity index is 1.96. The first-order valence-electron chi connectivity index (χ1n) is 7.66. The van der Waals surface area contributed by atoms with Crippen molar-refractivity contribution in [1.29, 1.82) is 0 Å². The standard InChI is InChI=1S/C17H18N4O2S/c1-4-13(17(22)23-3)24-15-10-9-14-18-19-16(21(14)20-15)12-7-5-11(2)6-8-12/h5-10,13H,4H2,1-3H3. The molecule has 0 spiro atoms. The summed E-state index contributed by atoms with van der Waals surface area (Å²) in [5.74, 6) is 0.436. The van der Waals surface area contributed by atoms with Gasteiger partial charge in [-0.15, -0.1) is 10.2 Å². The van der Waals surface area contributed by atoms with Gasteiger partial charge in [0.2, 0.25) is 0 Å². The van der Waals surface area contributed by atoms with Crippen LogP contribution in [0, 0.1) is 6.92 Å². The summed E-state index contributed by atoms with van der Waals surface area (Å²) in [6.07, 6.45) is 0.671. The Morgan fingerprint density at radius 2 is 1.96 bits per heavy atom. The lowest BCUT2D eigenvalue weighted by Crippen LogP contribution is -2.18. The van der Waals surface area contributed by atoms with Crippen LogP contribution in [0.25, 0.3) is 17.0 Å². The van der Waals surface area contributed by atoms with Crippen LogP contribution in [0.2, 0.25) is 0 Å². The Morgan fingerprint density at radius 3 is 2.62 bits per heavy atom. The number of aryl methyl sites for hydroxylation is 1. The van der Waals surface area contributed by atoms with Gasteiger partial charge in [0.05, 0.1) is 7.11 Å². The zero-order valence-electron chi connectivity index (χ0n) is 13.8. The van der Waals surface area contributed by atoms with Crippen molar-refractivity contribution in [3.63, 3.8) is 0 Å². The quantitative estimate of drug-likeness (QED) is 0.524. The van der Waals surface area contributed by atoms with Gasteiger partial charge in [-0.05, 0) is 25.5 Å². The summed E-state index contributed by atoms with van der Waals surface area (Å²) < 4.78 is 6.54. The van der Waals surface area contributed by atoms with E-state index in [-0.39, 0.29) is 11.2 Å². The molecule has 0 amide bonds. The third-order valence-corrected chi connectivity index (χ3v) is 4.92. The molecule has 0 aliphatic rings. The van der Waals surface area contributed by atoms with Gasteiger partial charge in [-0.3, -0.25) is 4.79 Å². The average molecular weight is 342 g/mol. The van der Waals surface area contributed by atoms with Crippen LogP contribution in [-0.4, -0.2) is 38.1 Å². The molecule has 2 aromatic heterocycles. The molecule has 6 nitrogen and oxygen atoms in total. The second-order valence-corrected chi connectivity index (χ2v) is 6.59. The molecule has 0 saturated carbocycles. The van der Waals surface area contributed by atoms with Gasteiger partial charge in [0.25, 0.3) is 0 Å². The van der Waals surface area contributed by atoms with Gasteiger partial charge in [0.15, 0.2) is 11.5 Å². The van der Waals surface area contributed by atoms with Crippen molar-refractivity contribution in [2.45, 2.75) is 30.5 Å². The zero-order chi connectivity index (χ0) is 17.1. The van der Waals surface area contributed by atoms with E-state index in [1.165, 1.54) is 24.4 Å². The van der Waals surface area contributed by atoms with Gasteiger partial charge >= 0.3 is 5.97 Å². The number of hydrogen-bond donors (Lipinski definition) is 0. The number of hydrogen-bond acceptors (Lipinski definition) is 6. The fraction of sp³-hybridized carbons (Fsp3) is 0.294. The van der Waals surface area contributed by atoms with E-state index in [2.05, 4.69) is 15.3 Å². The predicted octanol–water partition coefficient (Wildman–Crippen LogP) is 3.14. The molecule has 0 fully saturated rings. The maximum atomic E-state index is 11.8. The SMILES string of the molecule is CCC(Sc1ccc2nnc(-c3ccc(C)cc3)n2n1)C(=O)OC. The lowest BCUT2D eigenvalue weighted by atomic mass is 10.1. The minimum absolute atomic E-state index is 0.244. The molecular weight excluding hydrogens is 324 g/mol. The van der Waals surface area contributed by atoms with Crippen molar-refractivity contribution >= 4 is 23.4 Å². The monoisotopic (exact) mass is 342 g/mol. The molecule has 0 aliphatic heterocycles. The fourth-order valence-corrected chi connectivity index (χ4v) is 3.22. The first-order chi connectivity index (χ1) is 11.6. The molecule has 3 aromatic rings. The molecule has 1 unspecified atom stereocenters. The zero-order valence-corrected chi connectivity index (χ0v) is 14.6. The van der Waals surface area contributed by atoms with Crippen LogP contribution < -0.4 is 0 Å². The molecule has 0 saturated heterocycles. The van der Waals surface area contributed by atoms with Crippen LogP contribution in [-0.2, 0) is 9.53 Å². The third kappa shape index (κ3) is 3.26. The molecule has 0 N–H and O–H groups in total. The number of rotatable bonds is 5. The predicted molar refractivity (Wildman–Crippen MR) is 92.9 cm³/mol. The largest absolute Gasteiger partial charge is 0.468 e. The summed E-state index contributed by atoms with van der Waals surface area (Å²) in [7, 11) is 1.40. The number of benzene rings is 1. The normalized spacial score (nSPS) is 12.3. The second-order valence-electron chi connectivity index (χ2n) is 5.37. The maximum Gasteiger partial charge on any atom is 0.319 e. The van der Waals surface area contributed by atoms with Crippen molar-refractivity contribution in [1.82, 2.24) is 19.8 Å². The van der Waals surface area contributed by atoms with E-state index in [9.17, 15) is 4.79 Å². The van der Waals surface area contributed by atoms with Gasteiger partial charge < -0.3 is 4.74 Å². The Labute approximate surface area is 144 Å². The molecule has 0 aliphatic carbocycles. The molecule has 0 bridgehead atoms. The highest BCUT2D eigenvalue weighted by molar-refractivity contribution is 8.00. The van der Waals surface area contributed by atoms with E-state index in [0.717, 1.165) is 10.6 Å². The van der Waals surface area contributed by atoms with Crippen LogP contribution in [0.4, 0.5) is 0 Å². The van der Waals surface area contributed by atoms with E-state index in [4.69, 9.17) is 4.74 Å². The topological polar surface area (TPSA) is 69.4 Å². The van der Waals surface area contributed by atoms with Crippen molar-refractivity contribution < 1.29 is 9.53 Å². The van der Waals surface area contributed by atoms with E-state index in [1.54, 1.807) is 4.52 Å². The maximum absolute atomic E-state index is 11.8. The molecule has 7 heteroatoms. The average Bonchev–Trinajstić information content (AvgIpc) is 3.03. The first-order valence-corrected chi connectivity index (χ1v) is 8.54. The van der Waals surface area contributed by atoms with Crippen molar-refractivity contribution in [2.24, 2.45) is 0 Å². The molecule has 0 radical (unpaired) electrons. The Morgan fingerprint density at radius 1 is 1.21 bits per heavy atom. The van der Waals surface area contributed by atoms with Crippen LogP contribution in [0.5, 0.6) is 0 Å². The highest BCUT2D eigenvalue weighted by atomic mass is 32.2. The number of aromatic nitrogens is 4. The minimum atomic E-state index is -0.278. The number of carbonyl (C=O) groups is 1. The smallest absolute Gasteiger partial charge is 0.319 e. The summed E-state index contributed by atoms with van der Waals surface area (Å²) in [6, 6.07) is 11.7. The number of ether oxygens (including phenoxy) is 1. The number of carbonyl (C=O) groups excluding carboxylic acids is 1. The third-order valence-electron chi connectivity index (χ3n) is 3.65. The molecule has 24 heavy (non-hydrogen) atoms. The van der Waals surface area contributed by atoms with Crippen LogP contribution in [0.15, 0.2) is 41.4 Å². The van der Waals surface area contributed by atoms with E-state index < -0.39 is 0 Å². The number of methoxy groups -OCH3 is 1. The van der Waals surface area contributed by atoms with Crippen molar-refractivity contribution in [2.75, 3.05) is 7.11 Å². The summed E-state index contributed by atoms with van der Waals surface area (Å²) >= 11 is 1.38. The first kappa shape index (κ1) is 16.4. The summed E-state index contributed by atoms with van der Waals surface area (Å²) in [6.45, 7) is 3.99. The van der Waals surface area contributed by atoms with Crippen molar-refractivity contribution in [3.05, 3.63) is 42.0 Å². The number of fused-ring (bicyclic) bond motifs is 1. The highest BCUT2D eigenvalue weighted by Crippen LogP contribution is 2.26. The Bertz CT molecular complexity index is 861. The fourth-order valence-electron chi connectivity index (χ4n) is 2.29. The molecule has 1 aromatic carbocycles. The van der Waals surface area contributed by atoms with Gasteiger partial charge in [-0.2, -0.15) is 9.61 Å². The minimum Gasteiger partial charge on any atom is -0.468 e. The van der Waals surface area contributed by atoms with E-state index in [0.29, 0.717) is 17.9 Å². The van der Waals surface area contributed by atoms with Gasteiger partial charge in [0.1, 0.15) is 10.3 Å². The number of esters is 1. The molecular formula is C17H18N4O2S. The van der Waals surface area contributed by atoms with E-state index in [1.807, 2.05) is 50.2 Å². The van der Waals surface area contributed by atoms with Gasteiger partial charge in [-0.1, -0.05) is 48.5 Å². The van der Waals surface area contributed by atoms with E-state index >= 15 is 0 Å². The van der Waals surface area contributed by atoms with Crippen LogP contribution in [0.3, 0.4) is 0 Å². The lowest BCUT2D eigenvalue weighted by Gasteiger charge is -2.11. The number of thioether (sulfide) groups is 1. The van der Waals surface area contributed by atoms with Crippen molar-refractivity contribution in [3.8, 4) is 11.4 Å². The Kier molecular flexibility index (Phi) is 4.80. The van der Waals surface area contributed by atoms with Crippen LogP contribution >= 0.6 is 11.8 Å². The molecule has 3 rings (SSSR count). The summed E-state index contributed by atoms with van der Waals surface area (Å²) in [5.41, 5.74) is 2.80. The second kappa shape index (κ2) is 7.00. The Hall–Kier alpha value is -2.41. The molecule has 124 valence electrons. The van der Waals surface area contributed by atoms with Crippen LogP contribution in [0.1, 0.15) is 18.9 Å². The van der Waals surface area contributed by atoms with Gasteiger partial charge in [-0.25, -0.2) is 0 Å². The lowest BCUT2D eigenvalue weighted by molar-refractivity contribution is -0.140. The summed E-state index contributed by atoms with van der Waals surface area (Å²) in [4.78, 5) is 11.8. The molecule has 1 atom stereocenters. The molecule has 2 heterocycles. The highest BCUT2D eigenvalue weighted by Gasteiger charge is 2.20.